The van der Waals surface area contributed by atoms with E-state index in [1.807, 2.05) is 0 Å². The molecule has 0 bridgehead atoms. The van der Waals surface area contributed by atoms with Crippen molar-refractivity contribution in [2.45, 2.75) is 105 Å². The molecule has 0 aliphatic carbocycles. The highest BCUT2D eigenvalue weighted by molar-refractivity contribution is 4.91. The molecule has 19 heavy (non-hydrogen) atoms. The summed E-state index contributed by atoms with van der Waals surface area (Å²) >= 11 is 0. The molecule has 0 fully saturated rings. The molecule has 1 heteroatoms. The minimum atomic E-state index is 0.0597. The Kier molecular flexibility index (Phi) is 8.27. The Balaban J connectivity index is 5.34. The van der Waals surface area contributed by atoms with Gasteiger partial charge in [-0.05, 0) is 37.5 Å². The van der Waals surface area contributed by atoms with Gasteiger partial charge in [-0.1, -0.05) is 68.2 Å². The van der Waals surface area contributed by atoms with Gasteiger partial charge in [0.05, 0.1) is 11.2 Å². The van der Waals surface area contributed by atoms with Gasteiger partial charge in [-0.2, -0.15) is 0 Å². The van der Waals surface area contributed by atoms with Crippen LogP contribution in [0.1, 0.15) is 93.9 Å². The second kappa shape index (κ2) is 8.29. The molecule has 0 aromatic rings. The van der Waals surface area contributed by atoms with Gasteiger partial charge in [0.15, 0.2) is 0 Å². The van der Waals surface area contributed by atoms with Crippen molar-refractivity contribution in [3.05, 3.63) is 0 Å². The fraction of sp³-hybridized carbons (Fsp3) is 1.00. The van der Waals surface area contributed by atoms with Crippen LogP contribution in [-0.4, -0.2) is 11.2 Å². The molecule has 0 spiro atoms. The maximum atomic E-state index is 6.93. The Morgan fingerprint density at radius 1 is 0.684 bits per heavy atom. The second-order valence-corrected chi connectivity index (χ2v) is 6.75. The van der Waals surface area contributed by atoms with Crippen LogP contribution in [0.2, 0.25) is 0 Å². The summed E-state index contributed by atoms with van der Waals surface area (Å²) in [5.41, 5.74) is 0.119. The van der Waals surface area contributed by atoms with E-state index >= 15 is 0 Å². The highest BCUT2D eigenvalue weighted by Crippen LogP contribution is 2.41. The molecule has 0 saturated carbocycles. The maximum Gasteiger partial charge on any atom is 0.0710 e. The summed E-state index contributed by atoms with van der Waals surface area (Å²) in [4.78, 5) is 0. The molecule has 0 saturated heterocycles. The van der Waals surface area contributed by atoms with E-state index < -0.39 is 0 Å². The van der Waals surface area contributed by atoms with Crippen LogP contribution in [0, 0.1) is 11.8 Å². The lowest BCUT2D eigenvalue weighted by atomic mass is 9.78. The molecule has 2 unspecified atom stereocenters. The molecule has 0 radical (unpaired) electrons. The molecule has 0 aliphatic rings. The predicted molar refractivity (Wildman–Crippen MR) is 86.6 cm³/mol. The van der Waals surface area contributed by atoms with Crippen molar-refractivity contribution in [2.75, 3.05) is 0 Å². The Bertz CT molecular complexity index is 210. The van der Waals surface area contributed by atoms with E-state index in [2.05, 4.69) is 55.4 Å². The van der Waals surface area contributed by atoms with Gasteiger partial charge in [0.2, 0.25) is 0 Å². The lowest BCUT2D eigenvalue weighted by Crippen LogP contribution is -2.50. The van der Waals surface area contributed by atoms with Crippen molar-refractivity contribution in [2.24, 2.45) is 11.8 Å². The molecule has 0 rings (SSSR count). The Labute approximate surface area is 122 Å². The van der Waals surface area contributed by atoms with Gasteiger partial charge in [0.1, 0.15) is 0 Å². The van der Waals surface area contributed by atoms with Crippen LogP contribution in [0.3, 0.4) is 0 Å². The van der Waals surface area contributed by atoms with Crippen LogP contribution in [-0.2, 0) is 4.74 Å². The molecule has 0 heterocycles. The maximum absolute atomic E-state index is 6.93. The third-order valence-corrected chi connectivity index (χ3v) is 5.05. The van der Waals surface area contributed by atoms with Crippen molar-refractivity contribution in [3.8, 4) is 0 Å². The van der Waals surface area contributed by atoms with E-state index in [9.17, 15) is 0 Å². The van der Waals surface area contributed by atoms with E-state index in [4.69, 9.17) is 4.74 Å². The molecule has 2 atom stereocenters. The molecule has 0 aromatic carbocycles. The molecular formula is C18H38O. The minimum Gasteiger partial charge on any atom is -0.368 e. The van der Waals surface area contributed by atoms with Crippen LogP contribution < -0.4 is 0 Å². The van der Waals surface area contributed by atoms with Gasteiger partial charge >= 0.3 is 0 Å². The monoisotopic (exact) mass is 270 g/mol. The zero-order valence-corrected chi connectivity index (χ0v) is 14.8. The number of hydrogen-bond donors (Lipinski definition) is 0. The van der Waals surface area contributed by atoms with E-state index in [1.165, 1.54) is 25.7 Å². The second-order valence-electron chi connectivity index (χ2n) is 6.75. The lowest BCUT2D eigenvalue weighted by Gasteiger charge is -2.48. The average molecular weight is 271 g/mol. The molecule has 0 amide bonds. The first kappa shape index (κ1) is 19.0. The predicted octanol–water partition coefficient (Wildman–Crippen LogP) is 6.21. The zero-order valence-electron chi connectivity index (χ0n) is 14.8. The molecule has 116 valence electrons. The van der Waals surface area contributed by atoms with Crippen LogP contribution in [0.5, 0.6) is 0 Å². The lowest BCUT2D eigenvalue weighted by molar-refractivity contribution is -0.206. The Hall–Kier alpha value is -0.0400. The first-order valence-corrected chi connectivity index (χ1v) is 8.54. The standard InChI is InChI=1S/C18H38O/c1-9-13-17(11-3,15(5)6)19-18(12-4,14-10-2)16(7)8/h15-16H,9-14H2,1-8H3. The van der Waals surface area contributed by atoms with E-state index in [1.54, 1.807) is 0 Å². The summed E-state index contributed by atoms with van der Waals surface area (Å²) < 4.78 is 6.93. The molecule has 0 aromatic heterocycles. The highest BCUT2D eigenvalue weighted by atomic mass is 16.5. The van der Waals surface area contributed by atoms with Gasteiger partial charge in [0, 0.05) is 0 Å². The largest absolute Gasteiger partial charge is 0.368 e. The first-order chi connectivity index (χ1) is 8.84. The Morgan fingerprint density at radius 2 is 1.00 bits per heavy atom. The summed E-state index contributed by atoms with van der Waals surface area (Å²) in [6.45, 7) is 18.4. The van der Waals surface area contributed by atoms with Gasteiger partial charge < -0.3 is 4.74 Å². The number of hydrogen-bond acceptors (Lipinski definition) is 1. The third-order valence-electron chi connectivity index (χ3n) is 5.05. The van der Waals surface area contributed by atoms with Crippen molar-refractivity contribution in [1.29, 1.82) is 0 Å². The molecule has 1 nitrogen and oxygen atoms in total. The van der Waals surface area contributed by atoms with Crippen LogP contribution in [0.15, 0.2) is 0 Å². The highest BCUT2D eigenvalue weighted by Gasteiger charge is 2.42. The number of ether oxygens (including phenoxy) is 1. The van der Waals surface area contributed by atoms with Gasteiger partial charge in [-0.3, -0.25) is 0 Å². The van der Waals surface area contributed by atoms with Crippen molar-refractivity contribution in [3.63, 3.8) is 0 Å². The molecule has 0 aliphatic heterocycles. The first-order valence-electron chi connectivity index (χ1n) is 8.54. The fourth-order valence-corrected chi connectivity index (χ4v) is 3.48. The SMILES string of the molecule is CCCC(CC)(OC(CC)(CCC)C(C)C)C(C)C. The van der Waals surface area contributed by atoms with Crippen molar-refractivity contribution < 1.29 is 4.74 Å². The van der Waals surface area contributed by atoms with Gasteiger partial charge in [0.25, 0.3) is 0 Å². The average Bonchev–Trinajstić information content (AvgIpc) is 2.36. The zero-order chi connectivity index (χ0) is 15.1. The van der Waals surface area contributed by atoms with Crippen LogP contribution in [0.4, 0.5) is 0 Å². The summed E-state index contributed by atoms with van der Waals surface area (Å²) in [7, 11) is 0. The summed E-state index contributed by atoms with van der Waals surface area (Å²) in [6, 6.07) is 0. The normalized spacial score (nSPS) is 18.6. The van der Waals surface area contributed by atoms with Gasteiger partial charge in [-0.15, -0.1) is 0 Å². The quantitative estimate of drug-likeness (QED) is 0.458. The third kappa shape index (κ3) is 4.48. The van der Waals surface area contributed by atoms with E-state index in [-0.39, 0.29) is 11.2 Å². The van der Waals surface area contributed by atoms with Crippen molar-refractivity contribution >= 4 is 0 Å². The molecule has 0 N–H and O–H groups in total. The Morgan fingerprint density at radius 3 is 1.16 bits per heavy atom. The van der Waals surface area contributed by atoms with E-state index in [0.29, 0.717) is 11.8 Å². The van der Waals surface area contributed by atoms with Gasteiger partial charge in [-0.25, -0.2) is 0 Å². The minimum absolute atomic E-state index is 0.0597. The summed E-state index contributed by atoms with van der Waals surface area (Å²) in [6.07, 6.45) is 7.01. The fourth-order valence-electron chi connectivity index (χ4n) is 3.48. The number of rotatable bonds is 10. The summed E-state index contributed by atoms with van der Waals surface area (Å²) in [5, 5.41) is 0. The summed E-state index contributed by atoms with van der Waals surface area (Å²) in [5.74, 6) is 1.16. The van der Waals surface area contributed by atoms with Crippen LogP contribution in [0.25, 0.3) is 0 Å². The van der Waals surface area contributed by atoms with Crippen LogP contribution >= 0.6 is 0 Å². The molecular weight excluding hydrogens is 232 g/mol. The van der Waals surface area contributed by atoms with E-state index in [0.717, 1.165) is 12.8 Å². The van der Waals surface area contributed by atoms with Crippen molar-refractivity contribution in [1.82, 2.24) is 0 Å². The smallest absolute Gasteiger partial charge is 0.0710 e. The topological polar surface area (TPSA) is 9.23 Å².